The SMILES string of the molecule is CCC.FC(F)(F)c1cccc(-c2ccccn2)c1. The Morgan fingerprint density at radius 2 is 1.68 bits per heavy atom. The number of pyridine rings is 1. The number of benzene rings is 1. The fraction of sp³-hybridized carbons (Fsp3) is 0.267. The van der Waals surface area contributed by atoms with Gasteiger partial charge in [-0.05, 0) is 24.3 Å². The molecule has 0 aliphatic carbocycles. The first-order chi connectivity index (χ1) is 8.99. The summed E-state index contributed by atoms with van der Waals surface area (Å²) in [5.74, 6) is 0. The van der Waals surface area contributed by atoms with Gasteiger partial charge < -0.3 is 0 Å². The molecule has 2 rings (SSSR count). The van der Waals surface area contributed by atoms with Crippen molar-refractivity contribution in [1.29, 1.82) is 0 Å². The highest BCUT2D eigenvalue weighted by Gasteiger charge is 2.30. The summed E-state index contributed by atoms with van der Waals surface area (Å²) in [5.41, 5.74) is 0.347. The summed E-state index contributed by atoms with van der Waals surface area (Å²) in [7, 11) is 0. The molecule has 1 nitrogen and oxygen atoms in total. The molecule has 0 unspecified atom stereocenters. The molecule has 0 amide bonds. The van der Waals surface area contributed by atoms with Gasteiger partial charge in [-0.25, -0.2) is 0 Å². The van der Waals surface area contributed by atoms with Crippen LogP contribution in [0.15, 0.2) is 48.7 Å². The minimum absolute atomic E-state index is 0.468. The molecule has 1 aromatic heterocycles. The van der Waals surface area contributed by atoms with Gasteiger partial charge in [0, 0.05) is 11.8 Å². The molecule has 0 fully saturated rings. The Balaban J connectivity index is 0.000000550. The molecule has 0 saturated heterocycles. The van der Waals surface area contributed by atoms with Crippen LogP contribution in [0.1, 0.15) is 25.8 Å². The summed E-state index contributed by atoms with van der Waals surface area (Å²) in [5, 5.41) is 0. The van der Waals surface area contributed by atoms with Crippen LogP contribution in [0.25, 0.3) is 11.3 Å². The van der Waals surface area contributed by atoms with Crippen LogP contribution in [0.2, 0.25) is 0 Å². The second-order valence-corrected chi connectivity index (χ2v) is 4.00. The molecule has 102 valence electrons. The van der Waals surface area contributed by atoms with Crippen molar-refractivity contribution in [3.63, 3.8) is 0 Å². The van der Waals surface area contributed by atoms with Crippen molar-refractivity contribution in [2.75, 3.05) is 0 Å². The van der Waals surface area contributed by atoms with Crippen LogP contribution in [0, 0.1) is 0 Å². The van der Waals surface area contributed by atoms with Gasteiger partial charge in [-0.3, -0.25) is 4.98 Å². The first-order valence-electron chi connectivity index (χ1n) is 6.07. The summed E-state index contributed by atoms with van der Waals surface area (Å²) < 4.78 is 37.4. The van der Waals surface area contributed by atoms with Crippen molar-refractivity contribution >= 4 is 0 Å². The summed E-state index contributed by atoms with van der Waals surface area (Å²) in [6, 6.07) is 10.3. The Bertz CT molecular complexity index is 492. The summed E-state index contributed by atoms with van der Waals surface area (Å²) in [6.45, 7) is 4.25. The van der Waals surface area contributed by atoms with E-state index in [4.69, 9.17) is 0 Å². The fourth-order valence-electron chi connectivity index (χ4n) is 1.39. The lowest BCUT2D eigenvalue weighted by molar-refractivity contribution is -0.137. The van der Waals surface area contributed by atoms with E-state index < -0.39 is 11.7 Å². The average molecular weight is 267 g/mol. The van der Waals surface area contributed by atoms with E-state index in [9.17, 15) is 13.2 Å². The van der Waals surface area contributed by atoms with Gasteiger partial charge in [-0.15, -0.1) is 0 Å². The van der Waals surface area contributed by atoms with E-state index in [2.05, 4.69) is 18.8 Å². The van der Waals surface area contributed by atoms with Gasteiger partial charge in [-0.2, -0.15) is 13.2 Å². The van der Waals surface area contributed by atoms with Crippen molar-refractivity contribution in [3.05, 3.63) is 54.2 Å². The van der Waals surface area contributed by atoms with E-state index in [-0.39, 0.29) is 0 Å². The topological polar surface area (TPSA) is 12.9 Å². The van der Waals surface area contributed by atoms with Crippen LogP contribution in [-0.2, 0) is 6.18 Å². The number of hydrogen-bond acceptors (Lipinski definition) is 1. The van der Waals surface area contributed by atoms with Gasteiger partial charge >= 0.3 is 6.18 Å². The molecule has 0 aliphatic heterocycles. The highest BCUT2D eigenvalue weighted by atomic mass is 19.4. The highest BCUT2D eigenvalue weighted by molar-refractivity contribution is 5.59. The quantitative estimate of drug-likeness (QED) is 0.693. The molecule has 0 atom stereocenters. The summed E-state index contributed by atoms with van der Waals surface area (Å²) >= 11 is 0. The molecule has 1 heterocycles. The van der Waals surface area contributed by atoms with Gasteiger partial charge in [0.15, 0.2) is 0 Å². The molecule has 4 heteroatoms. The van der Waals surface area contributed by atoms with E-state index >= 15 is 0 Å². The van der Waals surface area contributed by atoms with Crippen LogP contribution < -0.4 is 0 Å². The molecule has 0 radical (unpaired) electrons. The van der Waals surface area contributed by atoms with Crippen molar-refractivity contribution < 1.29 is 13.2 Å². The minimum atomic E-state index is -4.31. The van der Waals surface area contributed by atoms with Crippen molar-refractivity contribution in [2.45, 2.75) is 26.4 Å². The Morgan fingerprint density at radius 3 is 2.21 bits per heavy atom. The number of alkyl halides is 3. The van der Waals surface area contributed by atoms with Crippen LogP contribution in [0.5, 0.6) is 0 Å². The van der Waals surface area contributed by atoms with Crippen LogP contribution >= 0.6 is 0 Å². The van der Waals surface area contributed by atoms with Gasteiger partial charge in [0.25, 0.3) is 0 Å². The van der Waals surface area contributed by atoms with E-state index in [1.165, 1.54) is 12.5 Å². The van der Waals surface area contributed by atoms with Gasteiger partial charge in [0.05, 0.1) is 11.3 Å². The number of aromatic nitrogens is 1. The van der Waals surface area contributed by atoms with Crippen molar-refractivity contribution in [1.82, 2.24) is 4.98 Å². The number of nitrogens with zero attached hydrogens (tertiary/aromatic N) is 1. The lowest BCUT2D eigenvalue weighted by Gasteiger charge is -2.08. The molecule has 0 saturated carbocycles. The third-order valence-electron chi connectivity index (χ3n) is 2.15. The smallest absolute Gasteiger partial charge is 0.256 e. The van der Waals surface area contributed by atoms with Gasteiger partial charge in [0.2, 0.25) is 0 Å². The van der Waals surface area contributed by atoms with Gasteiger partial charge in [-0.1, -0.05) is 38.5 Å². The Morgan fingerprint density at radius 1 is 1.00 bits per heavy atom. The Hall–Kier alpha value is -1.84. The minimum Gasteiger partial charge on any atom is -0.256 e. The monoisotopic (exact) mass is 267 g/mol. The lowest BCUT2D eigenvalue weighted by Crippen LogP contribution is -2.04. The molecule has 0 aliphatic rings. The van der Waals surface area contributed by atoms with E-state index in [1.54, 1.807) is 30.5 Å². The summed E-state index contributed by atoms with van der Waals surface area (Å²) in [4.78, 5) is 4.00. The fourth-order valence-corrected chi connectivity index (χ4v) is 1.39. The van der Waals surface area contributed by atoms with Crippen molar-refractivity contribution in [3.8, 4) is 11.3 Å². The molecule has 2 aromatic rings. The normalized spacial score (nSPS) is 10.6. The molecule has 1 aromatic carbocycles. The predicted molar refractivity (Wildman–Crippen MR) is 70.6 cm³/mol. The highest BCUT2D eigenvalue weighted by Crippen LogP contribution is 2.31. The summed E-state index contributed by atoms with van der Waals surface area (Å²) in [6.07, 6.45) is -1.51. The van der Waals surface area contributed by atoms with E-state index in [0.717, 1.165) is 12.1 Å². The molecule has 0 spiro atoms. The zero-order chi connectivity index (χ0) is 14.3. The number of rotatable bonds is 1. The van der Waals surface area contributed by atoms with Crippen LogP contribution in [0.3, 0.4) is 0 Å². The third-order valence-corrected chi connectivity index (χ3v) is 2.15. The molecule has 19 heavy (non-hydrogen) atoms. The molecular weight excluding hydrogens is 251 g/mol. The van der Waals surface area contributed by atoms with E-state index in [1.807, 2.05) is 0 Å². The molecule has 0 bridgehead atoms. The zero-order valence-electron chi connectivity index (χ0n) is 10.9. The first kappa shape index (κ1) is 15.2. The predicted octanol–water partition coefficient (Wildman–Crippen LogP) is 5.18. The zero-order valence-corrected chi connectivity index (χ0v) is 10.9. The number of hydrogen-bond donors (Lipinski definition) is 0. The Labute approximate surface area is 111 Å². The van der Waals surface area contributed by atoms with Crippen LogP contribution in [0.4, 0.5) is 13.2 Å². The third kappa shape index (κ3) is 4.73. The maximum absolute atomic E-state index is 12.5. The second-order valence-electron chi connectivity index (χ2n) is 4.00. The lowest BCUT2D eigenvalue weighted by atomic mass is 10.1. The maximum atomic E-state index is 12.5. The first-order valence-corrected chi connectivity index (χ1v) is 6.07. The average Bonchev–Trinajstić information content (AvgIpc) is 2.40. The number of halogens is 3. The molecule has 0 N–H and O–H groups in total. The largest absolute Gasteiger partial charge is 0.416 e. The van der Waals surface area contributed by atoms with Crippen molar-refractivity contribution in [2.24, 2.45) is 0 Å². The maximum Gasteiger partial charge on any atom is 0.416 e. The van der Waals surface area contributed by atoms with Gasteiger partial charge in [0.1, 0.15) is 0 Å². The Kier molecular flexibility index (Phi) is 5.55. The van der Waals surface area contributed by atoms with E-state index in [0.29, 0.717) is 11.3 Å². The second kappa shape index (κ2) is 6.92. The standard InChI is InChI=1S/C12H8F3N.C3H8/c13-12(14,15)10-5-3-4-9(8-10)11-6-1-2-7-16-11;1-3-2/h1-8H;3H2,1-2H3. The molecular formula is C15H16F3N. The van der Waals surface area contributed by atoms with Crippen LogP contribution in [-0.4, -0.2) is 4.98 Å².